The Kier molecular flexibility index (Phi) is 3.53. The van der Waals surface area contributed by atoms with Gasteiger partial charge in [-0.05, 0) is 32.0 Å². The number of hydrogen-bond acceptors (Lipinski definition) is 1. The molecule has 0 spiro atoms. The first-order chi connectivity index (χ1) is 5.67. The van der Waals surface area contributed by atoms with Gasteiger partial charge in [-0.2, -0.15) is 0 Å². The smallest absolute Gasteiger partial charge is 0.125 e. The molecule has 0 saturated carbocycles. The summed E-state index contributed by atoms with van der Waals surface area (Å²) in [5.41, 5.74) is 0. The second kappa shape index (κ2) is 4.24. The zero-order chi connectivity index (χ0) is 9.03. The molecule has 0 bridgehead atoms. The molecule has 2 heteroatoms. The molecular formula is C10H21NSi. The monoisotopic (exact) mass is 183 g/mol. The summed E-state index contributed by atoms with van der Waals surface area (Å²) in [5, 5.41) is 0. The van der Waals surface area contributed by atoms with Crippen LogP contribution in [0.15, 0.2) is 12.7 Å². The van der Waals surface area contributed by atoms with Crippen LogP contribution in [0, 0.1) is 0 Å². The van der Waals surface area contributed by atoms with E-state index in [1.54, 1.807) is 0 Å². The first kappa shape index (κ1) is 10.0. The lowest BCUT2D eigenvalue weighted by atomic mass is 10.2. The molecule has 1 saturated heterocycles. The highest BCUT2D eigenvalue weighted by atomic mass is 28.3. The summed E-state index contributed by atoms with van der Waals surface area (Å²) in [6, 6.07) is 1.24. The van der Waals surface area contributed by atoms with E-state index >= 15 is 0 Å². The molecule has 1 aliphatic rings. The van der Waals surface area contributed by atoms with E-state index in [1.165, 1.54) is 38.4 Å². The van der Waals surface area contributed by atoms with Crippen molar-refractivity contribution in [1.29, 1.82) is 0 Å². The molecular weight excluding hydrogens is 162 g/mol. The molecule has 0 atom stereocenters. The molecule has 12 heavy (non-hydrogen) atoms. The standard InChI is InChI=1S/C10H21NSi/c1-4-10-12(2,3)11-8-6-5-7-9-11/h4H,1,5-10H2,2-3H3. The lowest BCUT2D eigenvalue weighted by Gasteiger charge is -2.39. The quantitative estimate of drug-likeness (QED) is 0.480. The van der Waals surface area contributed by atoms with Gasteiger partial charge in [0.1, 0.15) is 8.24 Å². The minimum absolute atomic E-state index is 1.09. The average Bonchev–Trinajstić information content (AvgIpc) is 2.06. The number of allylic oxidation sites excluding steroid dienone is 1. The lowest BCUT2D eigenvalue weighted by molar-refractivity contribution is 0.344. The normalized spacial score (nSPS) is 20.8. The van der Waals surface area contributed by atoms with Crippen LogP contribution in [0.3, 0.4) is 0 Å². The largest absolute Gasteiger partial charge is 0.323 e. The molecule has 70 valence electrons. The van der Waals surface area contributed by atoms with Gasteiger partial charge < -0.3 is 4.57 Å². The van der Waals surface area contributed by atoms with Crippen molar-refractivity contribution in [3.63, 3.8) is 0 Å². The summed E-state index contributed by atoms with van der Waals surface area (Å²) in [5.74, 6) is 0. The van der Waals surface area contributed by atoms with Crippen LogP contribution in [0.25, 0.3) is 0 Å². The second-order valence-electron chi connectivity index (χ2n) is 4.35. The van der Waals surface area contributed by atoms with Crippen LogP contribution in [-0.4, -0.2) is 25.9 Å². The molecule has 1 nitrogen and oxygen atoms in total. The predicted octanol–water partition coefficient (Wildman–Crippen LogP) is 2.86. The van der Waals surface area contributed by atoms with Crippen molar-refractivity contribution in [2.24, 2.45) is 0 Å². The summed E-state index contributed by atoms with van der Waals surface area (Å²) in [6.07, 6.45) is 6.36. The van der Waals surface area contributed by atoms with E-state index in [-0.39, 0.29) is 0 Å². The maximum absolute atomic E-state index is 3.85. The number of rotatable bonds is 3. The fraction of sp³-hybridized carbons (Fsp3) is 0.800. The van der Waals surface area contributed by atoms with E-state index < -0.39 is 8.24 Å². The van der Waals surface area contributed by atoms with E-state index in [0.29, 0.717) is 0 Å². The van der Waals surface area contributed by atoms with E-state index in [1.807, 2.05) is 0 Å². The highest BCUT2D eigenvalue weighted by Gasteiger charge is 2.28. The van der Waals surface area contributed by atoms with Gasteiger partial charge in [0.15, 0.2) is 0 Å². The molecule has 0 aromatic carbocycles. The average molecular weight is 183 g/mol. The number of hydrogen-bond donors (Lipinski definition) is 0. The Morgan fingerprint density at radius 1 is 1.25 bits per heavy atom. The number of piperidine rings is 1. The first-order valence-corrected chi connectivity index (χ1v) is 8.18. The first-order valence-electron chi connectivity index (χ1n) is 5.03. The van der Waals surface area contributed by atoms with Gasteiger partial charge >= 0.3 is 0 Å². The summed E-state index contributed by atoms with van der Waals surface area (Å²) in [4.78, 5) is 0. The molecule has 0 aliphatic carbocycles. The van der Waals surface area contributed by atoms with Crippen molar-refractivity contribution in [2.45, 2.75) is 38.4 Å². The van der Waals surface area contributed by atoms with Crippen LogP contribution in [0.1, 0.15) is 19.3 Å². The molecule has 0 N–H and O–H groups in total. The summed E-state index contributed by atoms with van der Waals surface area (Å²) < 4.78 is 2.73. The van der Waals surface area contributed by atoms with Crippen LogP contribution in [0.5, 0.6) is 0 Å². The summed E-state index contributed by atoms with van der Waals surface area (Å²) in [7, 11) is -1.09. The van der Waals surface area contributed by atoms with E-state index in [9.17, 15) is 0 Å². The van der Waals surface area contributed by atoms with Gasteiger partial charge in [-0.3, -0.25) is 0 Å². The predicted molar refractivity (Wildman–Crippen MR) is 57.9 cm³/mol. The topological polar surface area (TPSA) is 3.24 Å². The van der Waals surface area contributed by atoms with Crippen molar-refractivity contribution in [3.05, 3.63) is 12.7 Å². The molecule has 1 heterocycles. The fourth-order valence-corrected chi connectivity index (χ4v) is 4.47. The van der Waals surface area contributed by atoms with Gasteiger partial charge in [-0.1, -0.05) is 25.6 Å². The highest BCUT2D eigenvalue weighted by Crippen LogP contribution is 2.20. The van der Waals surface area contributed by atoms with Crippen molar-refractivity contribution in [1.82, 2.24) is 4.57 Å². The van der Waals surface area contributed by atoms with Gasteiger partial charge in [-0.15, -0.1) is 6.58 Å². The third-order valence-electron chi connectivity index (χ3n) is 2.86. The van der Waals surface area contributed by atoms with E-state index in [2.05, 4.69) is 30.3 Å². The van der Waals surface area contributed by atoms with Crippen molar-refractivity contribution in [3.8, 4) is 0 Å². The molecule has 1 fully saturated rings. The van der Waals surface area contributed by atoms with Crippen LogP contribution >= 0.6 is 0 Å². The minimum Gasteiger partial charge on any atom is -0.323 e. The molecule has 0 unspecified atom stereocenters. The Bertz CT molecular complexity index is 148. The Hall–Kier alpha value is -0.0831. The Morgan fingerprint density at radius 3 is 2.33 bits per heavy atom. The zero-order valence-electron chi connectivity index (χ0n) is 8.47. The van der Waals surface area contributed by atoms with Gasteiger partial charge in [0, 0.05) is 0 Å². The van der Waals surface area contributed by atoms with Crippen LogP contribution in [-0.2, 0) is 0 Å². The summed E-state index contributed by atoms with van der Waals surface area (Å²) in [6.45, 7) is 11.4. The molecule has 1 rings (SSSR count). The Labute approximate surface area is 77.5 Å². The van der Waals surface area contributed by atoms with Gasteiger partial charge in [0.25, 0.3) is 0 Å². The van der Waals surface area contributed by atoms with Crippen LogP contribution in [0.2, 0.25) is 19.1 Å². The van der Waals surface area contributed by atoms with Gasteiger partial charge in [0.2, 0.25) is 0 Å². The maximum Gasteiger partial charge on any atom is 0.125 e. The Morgan fingerprint density at radius 2 is 1.83 bits per heavy atom. The highest BCUT2D eigenvalue weighted by molar-refractivity contribution is 6.75. The van der Waals surface area contributed by atoms with Crippen LogP contribution < -0.4 is 0 Å². The molecule has 0 radical (unpaired) electrons. The lowest BCUT2D eigenvalue weighted by Crippen LogP contribution is -2.50. The van der Waals surface area contributed by atoms with Crippen molar-refractivity contribution >= 4 is 8.24 Å². The van der Waals surface area contributed by atoms with Crippen LogP contribution in [0.4, 0.5) is 0 Å². The second-order valence-corrected chi connectivity index (χ2v) is 9.02. The fourth-order valence-electron chi connectivity index (χ4n) is 1.98. The van der Waals surface area contributed by atoms with E-state index in [4.69, 9.17) is 0 Å². The Balaban J connectivity index is 2.47. The van der Waals surface area contributed by atoms with Crippen molar-refractivity contribution < 1.29 is 0 Å². The third-order valence-corrected chi connectivity index (χ3v) is 6.30. The maximum atomic E-state index is 3.85. The van der Waals surface area contributed by atoms with Gasteiger partial charge in [0.05, 0.1) is 0 Å². The zero-order valence-corrected chi connectivity index (χ0v) is 9.47. The van der Waals surface area contributed by atoms with Gasteiger partial charge in [-0.25, -0.2) is 0 Å². The molecule has 0 amide bonds. The SMILES string of the molecule is C=CC[Si](C)(C)N1CCCCC1. The molecule has 1 aliphatic heterocycles. The molecule has 0 aromatic heterocycles. The number of nitrogens with zero attached hydrogens (tertiary/aromatic N) is 1. The van der Waals surface area contributed by atoms with E-state index in [0.717, 1.165) is 0 Å². The summed E-state index contributed by atoms with van der Waals surface area (Å²) >= 11 is 0. The molecule has 0 aromatic rings. The third kappa shape index (κ3) is 2.46. The minimum atomic E-state index is -1.09. The van der Waals surface area contributed by atoms with Crippen molar-refractivity contribution in [2.75, 3.05) is 13.1 Å².